The van der Waals surface area contributed by atoms with E-state index < -0.39 is 0 Å². The lowest BCUT2D eigenvalue weighted by Crippen LogP contribution is -2.26. The van der Waals surface area contributed by atoms with Gasteiger partial charge in [0.05, 0.1) is 18.3 Å². The first-order valence-electron chi connectivity index (χ1n) is 6.72. The Kier molecular flexibility index (Phi) is 4.62. The Morgan fingerprint density at radius 3 is 2.81 bits per heavy atom. The summed E-state index contributed by atoms with van der Waals surface area (Å²) in [6.45, 7) is 5.18. The number of rotatable bonds is 6. The summed E-state index contributed by atoms with van der Waals surface area (Å²) in [5, 5.41) is 0. The van der Waals surface area contributed by atoms with Gasteiger partial charge < -0.3 is 14.2 Å². The standard InChI is InChI=1S/C13H24O3/c1-3-11-12(16-11)8-7-10(2)15-13-6-4-5-9-14-13/h10-13H,3-9H2,1-2H3. The molecule has 3 nitrogen and oxygen atoms in total. The van der Waals surface area contributed by atoms with Crippen molar-refractivity contribution in [3.8, 4) is 0 Å². The van der Waals surface area contributed by atoms with Crippen LogP contribution in [0.2, 0.25) is 0 Å². The molecule has 0 bridgehead atoms. The van der Waals surface area contributed by atoms with Gasteiger partial charge in [-0.1, -0.05) is 6.92 Å². The fraction of sp³-hybridized carbons (Fsp3) is 1.00. The average molecular weight is 228 g/mol. The first-order chi connectivity index (χ1) is 7.79. The smallest absolute Gasteiger partial charge is 0.157 e. The van der Waals surface area contributed by atoms with Crippen molar-refractivity contribution in [3.05, 3.63) is 0 Å². The van der Waals surface area contributed by atoms with Crippen LogP contribution in [0.1, 0.15) is 52.4 Å². The summed E-state index contributed by atoms with van der Waals surface area (Å²) in [5.74, 6) is 0. The van der Waals surface area contributed by atoms with E-state index in [0.29, 0.717) is 18.3 Å². The third-order valence-corrected chi connectivity index (χ3v) is 3.47. The summed E-state index contributed by atoms with van der Waals surface area (Å²) in [6, 6.07) is 0. The number of hydrogen-bond acceptors (Lipinski definition) is 3. The highest BCUT2D eigenvalue weighted by atomic mass is 16.7. The van der Waals surface area contributed by atoms with Crippen LogP contribution in [0, 0.1) is 0 Å². The second-order valence-electron chi connectivity index (χ2n) is 4.94. The Morgan fingerprint density at radius 1 is 1.31 bits per heavy atom. The Hall–Kier alpha value is -0.120. The van der Waals surface area contributed by atoms with E-state index in [1.165, 1.54) is 12.8 Å². The fourth-order valence-electron chi connectivity index (χ4n) is 2.34. The zero-order chi connectivity index (χ0) is 11.4. The van der Waals surface area contributed by atoms with Crippen molar-refractivity contribution in [2.45, 2.75) is 77.0 Å². The first-order valence-corrected chi connectivity index (χ1v) is 6.72. The van der Waals surface area contributed by atoms with Crippen LogP contribution in [0.3, 0.4) is 0 Å². The van der Waals surface area contributed by atoms with Gasteiger partial charge in [-0.2, -0.15) is 0 Å². The van der Waals surface area contributed by atoms with Crippen molar-refractivity contribution >= 4 is 0 Å². The molecule has 94 valence electrons. The molecule has 3 heteroatoms. The van der Waals surface area contributed by atoms with Crippen LogP contribution in [0.15, 0.2) is 0 Å². The molecule has 0 aromatic heterocycles. The van der Waals surface area contributed by atoms with Crippen LogP contribution < -0.4 is 0 Å². The highest BCUT2D eigenvalue weighted by molar-refractivity contribution is 4.83. The van der Waals surface area contributed by atoms with Crippen molar-refractivity contribution in [3.63, 3.8) is 0 Å². The summed E-state index contributed by atoms with van der Waals surface area (Å²) in [7, 11) is 0. The fourth-order valence-corrected chi connectivity index (χ4v) is 2.34. The molecule has 0 aromatic rings. The minimum absolute atomic E-state index is 0.0471. The van der Waals surface area contributed by atoms with E-state index in [2.05, 4.69) is 13.8 Å². The van der Waals surface area contributed by atoms with Crippen LogP contribution in [-0.2, 0) is 14.2 Å². The summed E-state index contributed by atoms with van der Waals surface area (Å²) < 4.78 is 16.9. The predicted octanol–water partition coefficient (Wildman–Crippen LogP) is 2.88. The number of ether oxygens (including phenoxy) is 3. The summed E-state index contributed by atoms with van der Waals surface area (Å²) in [6.07, 6.45) is 8.21. The monoisotopic (exact) mass is 228 g/mol. The van der Waals surface area contributed by atoms with E-state index in [9.17, 15) is 0 Å². The van der Waals surface area contributed by atoms with Crippen LogP contribution >= 0.6 is 0 Å². The molecule has 0 saturated carbocycles. The zero-order valence-corrected chi connectivity index (χ0v) is 10.5. The molecule has 2 rings (SSSR count). The molecule has 0 N–H and O–H groups in total. The second kappa shape index (κ2) is 5.99. The molecule has 16 heavy (non-hydrogen) atoms. The summed E-state index contributed by atoms with van der Waals surface area (Å²) in [5.41, 5.74) is 0. The molecule has 0 aliphatic carbocycles. The molecule has 0 radical (unpaired) electrons. The zero-order valence-electron chi connectivity index (χ0n) is 10.5. The maximum absolute atomic E-state index is 5.86. The van der Waals surface area contributed by atoms with Gasteiger partial charge in [0, 0.05) is 6.61 Å². The second-order valence-corrected chi connectivity index (χ2v) is 4.94. The topological polar surface area (TPSA) is 31.0 Å². The molecule has 2 aliphatic heterocycles. The molecule has 2 heterocycles. The van der Waals surface area contributed by atoms with Gasteiger partial charge in [-0.05, 0) is 45.4 Å². The normalized spacial score (nSPS) is 36.0. The molecule has 2 saturated heterocycles. The van der Waals surface area contributed by atoms with Gasteiger partial charge in [-0.3, -0.25) is 0 Å². The number of hydrogen-bond donors (Lipinski definition) is 0. The van der Waals surface area contributed by atoms with Crippen molar-refractivity contribution < 1.29 is 14.2 Å². The van der Waals surface area contributed by atoms with Crippen LogP contribution in [0.25, 0.3) is 0 Å². The molecule has 4 atom stereocenters. The van der Waals surface area contributed by atoms with Crippen molar-refractivity contribution in [2.75, 3.05) is 6.61 Å². The maximum atomic E-state index is 5.86. The van der Waals surface area contributed by atoms with Gasteiger partial charge in [0.25, 0.3) is 0 Å². The SMILES string of the molecule is CCC1OC1CCC(C)OC1CCCCO1. The van der Waals surface area contributed by atoms with Gasteiger partial charge in [-0.15, -0.1) is 0 Å². The van der Waals surface area contributed by atoms with Crippen LogP contribution in [0.5, 0.6) is 0 Å². The van der Waals surface area contributed by atoms with Gasteiger partial charge in [0.15, 0.2) is 6.29 Å². The summed E-state index contributed by atoms with van der Waals surface area (Å²) in [4.78, 5) is 0. The molecule has 2 aliphatic rings. The third-order valence-electron chi connectivity index (χ3n) is 3.47. The highest BCUT2D eigenvalue weighted by Gasteiger charge is 2.36. The van der Waals surface area contributed by atoms with Crippen molar-refractivity contribution in [1.29, 1.82) is 0 Å². The van der Waals surface area contributed by atoms with Gasteiger partial charge in [0.1, 0.15) is 0 Å². The molecule has 0 amide bonds. The van der Waals surface area contributed by atoms with E-state index in [4.69, 9.17) is 14.2 Å². The maximum Gasteiger partial charge on any atom is 0.157 e. The molecule has 4 unspecified atom stereocenters. The minimum atomic E-state index is 0.0471. The Balaban J connectivity index is 1.55. The Morgan fingerprint density at radius 2 is 2.19 bits per heavy atom. The average Bonchev–Trinajstić information content (AvgIpc) is 3.06. The quantitative estimate of drug-likeness (QED) is 0.655. The van der Waals surface area contributed by atoms with Crippen LogP contribution in [0.4, 0.5) is 0 Å². The van der Waals surface area contributed by atoms with E-state index in [1.54, 1.807) is 0 Å². The van der Waals surface area contributed by atoms with Crippen molar-refractivity contribution in [1.82, 2.24) is 0 Å². The molecule has 0 spiro atoms. The minimum Gasteiger partial charge on any atom is -0.370 e. The third kappa shape index (κ3) is 3.72. The lowest BCUT2D eigenvalue weighted by Gasteiger charge is -2.25. The summed E-state index contributed by atoms with van der Waals surface area (Å²) >= 11 is 0. The lowest BCUT2D eigenvalue weighted by atomic mass is 10.1. The van der Waals surface area contributed by atoms with E-state index >= 15 is 0 Å². The van der Waals surface area contributed by atoms with E-state index in [-0.39, 0.29) is 6.29 Å². The van der Waals surface area contributed by atoms with E-state index in [0.717, 1.165) is 32.3 Å². The molecule has 0 aromatic carbocycles. The van der Waals surface area contributed by atoms with E-state index in [1.807, 2.05) is 0 Å². The first kappa shape index (κ1) is 12.3. The molecular formula is C13H24O3. The Bertz CT molecular complexity index is 201. The lowest BCUT2D eigenvalue weighted by molar-refractivity contribution is -0.185. The van der Waals surface area contributed by atoms with Crippen molar-refractivity contribution in [2.24, 2.45) is 0 Å². The van der Waals surface area contributed by atoms with Crippen LogP contribution in [-0.4, -0.2) is 31.2 Å². The number of epoxide rings is 1. The molecular weight excluding hydrogens is 204 g/mol. The Labute approximate surface area is 98.4 Å². The largest absolute Gasteiger partial charge is 0.370 e. The predicted molar refractivity (Wildman–Crippen MR) is 62.3 cm³/mol. The van der Waals surface area contributed by atoms with Gasteiger partial charge >= 0.3 is 0 Å². The highest BCUT2D eigenvalue weighted by Crippen LogP contribution is 2.30. The van der Waals surface area contributed by atoms with Gasteiger partial charge in [-0.25, -0.2) is 0 Å². The molecule has 2 fully saturated rings. The van der Waals surface area contributed by atoms with Gasteiger partial charge in [0.2, 0.25) is 0 Å².